The van der Waals surface area contributed by atoms with E-state index >= 15 is 0 Å². The number of aromatic nitrogens is 1. The van der Waals surface area contributed by atoms with E-state index in [1.807, 2.05) is 37.2 Å². The molecule has 1 aliphatic heterocycles. The highest BCUT2D eigenvalue weighted by atomic mass is 32.2. The number of carbonyl (C=O) groups is 1. The second-order valence-corrected chi connectivity index (χ2v) is 9.13. The van der Waals surface area contributed by atoms with Gasteiger partial charge in [0.15, 0.2) is 0 Å². The zero-order valence-corrected chi connectivity index (χ0v) is 17.0. The molecule has 0 unspecified atom stereocenters. The van der Waals surface area contributed by atoms with E-state index in [0.29, 0.717) is 25.2 Å². The van der Waals surface area contributed by atoms with Gasteiger partial charge in [0.25, 0.3) is 5.91 Å². The number of carbonyl (C=O) groups excluding carboxylic acids is 1. The standard InChI is InChI=1S/C20H26N4O3S/c1-23(2)18-6-3-5-17(13-18)20(25)22-14-16-8-11-24(12-9-16)28(26,27)19-7-4-10-21-15-19/h3-7,10,13,15-16H,8-9,11-12,14H2,1-2H3,(H,22,25). The number of piperidine rings is 1. The number of hydrogen-bond donors (Lipinski definition) is 1. The number of sulfonamides is 1. The predicted molar refractivity (Wildman–Crippen MR) is 109 cm³/mol. The molecule has 1 saturated heterocycles. The summed E-state index contributed by atoms with van der Waals surface area (Å²) in [5, 5.41) is 2.98. The Morgan fingerprint density at radius 3 is 2.61 bits per heavy atom. The summed E-state index contributed by atoms with van der Waals surface area (Å²) in [6, 6.07) is 10.7. The maximum Gasteiger partial charge on any atom is 0.251 e. The molecule has 8 heteroatoms. The molecule has 3 rings (SSSR count). The van der Waals surface area contributed by atoms with Crippen molar-refractivity contribution in [3.63, 3.8) is 0 Å². The van der Waals surface area contributed by atoms with E-state index in [9.17, 15) is 13.2 Å². The van der Waals surface area contributed by atoms with Gasteiger partial charge in [-0.05, 0) is 49.1 Å². The average molecular weight is 403 g/mol. The summed E-state index contributed by atoms with van der Waals surface area (Å²) >= 11 is 0. The van der Waals surface area contributed by atoms with E-state index in [1.165, 1.54) is 10.5 Å². The molecule has 7 nitrogen and oxygen atoms in total. The Kier molecular flexibility index (Phi) is 6.31. The third-order valence-electron chi connectivity index (χ3n) is 5.02. The minimum atomic E-state index is -3.49. The summed E-state index contributed by atoms with van der Waals surface area (Å²) in [6.45, 7) is 1.45. The molecule has 150 valence electrons. The first-order chi connectivity index (χ1) is 13.4. The Labute approximate surface area is 166 Å². The number of nitrogens with one attached hydrogen (secondary N) is 1. The molecule has 0 atom stereocenters. The number of hydrogen-bond acceptors (Lipinski definition) is 5. The lowest BCUT2D eigenvalue weighted by Gasteiger charge is -2.31. The van der Waals surface area contributed by atoms with Crippen molar-refractivity contribution >= 4 is 21.6 Å². The van der Waals surface area contributed by atoms with Crippen LogP contribution in [-0.4, -0.2) is 57.3 Å². The molecular formula is C20H26N4O3S. The number of benzene rings is 1. The van der Waals surface area contributed by atoms with Crippen molar-refractivity contribution in [2.75, 3.05) is 38.6 Å². The van der Waals surface area contributed by atoms with Crippen LogP contribution in [0.25, 0.3) is 0 Å². The van der Waals surface area contributed by atoms with Crippen LogP contribution in [0.5, 0.6) is 0 Å². The fourth-order valence-corrected chi connectivity index (χ4v) is 4.70. The molecule has 0 saturated carbocycles. The summed E-state index contributed by atoms with van der Waals surface area (Å²) < 4.78 is 26.8. The third-order valence-corrected chi connectivity index (χ3v) is 6.90. The van der Waals surface area contributed by atoms with Crippen LogP contribution in [-0.2, 0) is 10.0 Å². The van der Waals surface area contributed by atoms with Gasteiger partial charge in [-0.15, -0.1) is 0 Å². The highest BCUT2D eigenvalue weighted by molar-refractivity contribution is 7.89. The fourth-order valence-electron chi connectivity index (χ4n) is 3.27. The number of amides is 1. The summed E-state index contributed by atoms with van der Waals surface area (Å²) in [5.41, 5.74) is 1.60. The smallest absolute Gasteiger partial charge is 0.251 e. The van der Waals surface area contributed by atoms with E-state index in [2.05, 4.69) is 10.3 Å². The first-order valence-corrected chi connectivity index (χ1v) is 10.8. The van der Waals surface area contributed by atoms with Crippen LogP contribution < -0.4 is 10.2 Å². The minimum absolute atomic E-state index is 0.103. The molecule has 0 radical (unpaired) electrons. The monoisotopic (exact) mass is 402 g/mol. The van der Waals surface area contributed by atoms with Gasteiger partial charge in [0, 0.05) is 57.4 Å². The molecule has 2 heterocycles. The highest BCUT2D eigenvalue weighted by Crippen LogP contribution is 2.23. The first-order valence-electron chi connectivity index (χ1n) is 9.33. The van der Waals surface area contributed by atoms with Crippen LogP contribution in [0.4, 0.5) is 5.69 Å². The van der Waals surface area contributed by atoms with Crippen molar-refractivity contribution in [1.29, 1.82) is 0 Å². The van der Waals surface area contributed by atoms with E-state index in [-0.39, 0.29) is 16.7 Å². The maximum absolute atomic E-state index is 12.6. The SMILES string of the molecule is CN(C)c1cccc(C(=O)NCC2CCN(S(=O)(=O)c3cccnc3)CC2)c1. The normalized spacial score (nSPS) is 15.9. The molecule has 1 aliphatic rings. The van der Waals surface area contributed by atoms with Crippen LogP contribution in [0.2, 0.25) is 0 Å². The van der Waals surface area contributed by atoms with Crippen molar-refractivity contribution in [2.45, 2.75) is 17.7 Å². The Bertz CT molecular complexity index is 908. The number of anilines is 1. The summed E-state index contributed by atoms with van der Waals surface area (Å²) in [6.07, 6.45) is 4.38. The van der Waals surface area contributed by atoms with Gasteiger partial charge in [-0.3, -0.25) is 9.78 Å². The number of rotatable bonds is 6. The zero-order chi connectivity index (χ0) is 20.1. The second kappa shape index (κ2) is 8.70. The van der Waals surface area contributed by atoms with Gasteiger partial charge in [-0.2, -0.15) is 4.31 Å². The Morgan fingerprint density at radius 2 is 1.96 bits per heavy atom. The minimum Gasteiger partial charge on any atom is -0.378 e. The fraction of sp³-hybridized carbons (Fsp3) is 0.400. The van der Waals surface area contributed by atoms with E-state index in [1.54, 1.807) is 24.4 Å². The Balaban J connectivity index is 1.52. The summed E-state index contributed by atoms with van der Waals surface area (Å²) in [5.74, 6) is 0.162. The van der Waals surface area contributed by atoms with E-state index in [0.717, 1.165) is 18.5 Å². The molecule has 1 N–H and O–H groups in total. The van der Waals surface area contributed by atoms with Gasteiger partial charge in [0.1, 0.15) is 4.90 Å². The molecule has 0 bridgehead atoms. The second-order valence-electron chi connectivity index (χ2n) is 7.19. The van der Waals surface area contributed by atoms with Gasteiger partial charge in [-0.1, -0.05) is 6.07 Å². The highest BCUT2D eigenvalue weighted by Gasteiger charge is 2.29. The van der Waals surface area contributed by atoms with Crippen LogP contribution in [0.15, 0.2) is 53.7 Å². The van der Waals surface area contributed by atoms with Crippen molar-refractivity contribution < 1.29 is 13.2 Å². The van der Waals surface area contributed by atoms with Crippen molar-refractivity contribution in [3.8, 4) is 0 Å². The molecule has 0 aliphatic carbocycles. The Hall–Kier alpha value is -2.45. The van der Waals surface area contributed by atoms with E-state index in [4.69, 9.17) is 0 Å². The summed E-state index contributed by atoms with van der Waals surface area (Å²) in [4.78, 5) is 18.5. The Morgan fingerprint density at radius 1 is 1.21 bits per heavy atom. The predicted octanol–water partition coefficient (Wildman–Crippen LogP) is 1.98. The summed E-state index contributed by atoms with van der Waals surface area (Å²) in [7, 11) is 0.376. The lowest BCUT2D eigenvalue weighted by molar-refractivity contribution is 0.0941. The number of nitrogens with zero attached hydrogens (tertiary/aromatic N) is 3. The number of pyridine rings is 1. The first kappa shape index (κ1) is 20.3. The lowest BCUT2D eigenvalue weighted by Crippen LogP contribution is -2.41. The zero-order valence-electron chi connectivity index (χ0n) is 16.2. The van der Waals surface area contributed by atoms with Crippen molar-refractivity contribution in [3.05, 3.63) is 54.4 Å². The van der Waals surface area contributed by atoms with Gasteiger partial charge in [-0.25, -0.2) is 8.42 Å². The largest absolute Gasteiger partial charge is 0.378 e. The topological polar surface area (TPSA) is 82.6 Å². The van der Waals surface area contributed by atoms with E-state index < -0.39 is 10.0 Å². The van der Waals surface area contributed by atoms with Gasteiger partial charge >= 0.3 is 0 Å². The van der Waals surface area contributed by atoms with Crippen LogP contribution >= 0.6 is 0 Å². The van der Waals surface area contributed by atoms with Gasteiger partial charge in [0.05, 0.1) is 0 Å². The molecule has 1 amide bonds. The van der Waals surface area contributed by atoms with Crippen molar-refractivity contribution in [1.82, 2.24) is 14.6 Å². The lowest BCUT2D eigenvalue weighted by atomic mass is 9.98. The average Bonchev–Trinajstić information content (AvgIpc) is 2.73. The molecule has 1 aromatic heterocycles. The molecular weight excluding hydrogens is 376 g/mol. The van der Waals surface area contributed by atoms with Crippen LogP contribution in [0, 0.1) is 5.92 Å². The molecule has 0 spiro atoms. The van der Waals surface area contributed by atoms with Crippen molar-refractivity contribution in [2.24, 2.45) is 5.92 Å². The maximum atomic E-state index is 12.6. The molecule has 28 heavy (non-hydrogen) atoms. The van der Waals surface area contributed by atoms with Crippen LogP contribution in [0.3, 0.4) is 0 Å². The van der Waals surface area contributed by atoms with Gasteiger partial charge in [0.2, 0.25) is 10.0 Å². The molecule has 1 aromatic carbocycles. The molecule has 2 aromatic rings. The molecule has 1 fully saturated rings. The van der Waals surface area contributed by atoms with Gasteiger partial charge < -0.3 is 10.2 Å². The third kappa shape index (κ3) is 4.69. The van der Waals surface area contributed by atoms with Crippen LogP contribution in [0.1, 0.15) is 23.2 Å². The quantitative estimate of drug-likeness (QED) is 0.799.